The summed E-state index contributed by atoms with van der Waals surface area (Å²) in [6, 6.07) is 4.24. The van der Waals surface area contributed by atoms with Crippen LogP contribution >= 0.6 is 0 Å². The summed E-state index contributed by atoms with van der Waals surface area (Å²) in [6.07, 6.45) is 6.36. The number of hydrogen-bond donors (Lipinski definition) is 0. The van der Waals surface area contributed by atoms with Gasteiger partial charge in [-0.25, -0.2) is 0 Å². The topological polar surface area (TPSA) is 18.5 Å². The van der Waals surface area contributed by atoms with Crippen LogP contribution in [0.4, 0.5) is 0 Å². The molecular formula is C15H22O2. The van der Waals surface area contributed by atoms with Gasteiger partial charge in [-0.1, -0.05) is 12.5 Å². The van der Waals surface area contributed by atoms with Gasteiger partial charge in [0.2, 0.25) is 0 Å². The standard InChI is InChI=1S/C15H22O2/c1-11(2)17-15-13-8-6-4-5-7-12(13)9-10-14(15)16-3/h9-11H,4-8H2,1-3H3. The maximum Gasteiger partial charge on any atom is 0.164 e. The molecule has 0 fully saturated rings. The molecule has 17 heavy (non-hydrogen) atoms. The van der Waals surface area contributed by atoms with Crippen LogP contribution in [0.25, 0.3) is 0 Å². The summed E-state index contributed by atoms with van der Waals surface area (Å²) in [5.74, 6) is 1.85. The molecule has 0 N–H and O–H groups in total. The summed E-state index contributed by atoms with van der Waals surface area (Å²) in [6.45, 7) is 4.13. The van der Waals surface area contributed by atoms with Crippen molar-refractivity contribution in [1.82, 2.24) is 0 Å². The molecule has 1 aliphatic rings. The lowest BCUT2D eigenvalue weighted by molar-refractivity contribution is 0.227. The van der Waals surface area contributed by atoms with Gasteiger partial charge in [-0.15, -0.1) is 0 Å². The highest BCUT2D eigenvalue weighted by Gasteiger charge is 2.18. The first-order valence-corrected chi connectivity index (χ1v) is 6.57. The Morgan fingerprint density at radius 1 is 1.06 bits per heavy atom. The minimum Gasteiger partial charge on any atom is -0.493 e. The Morgan fingerprint density at radius 2 is 1.82 bits per heavy atom. The highest BCUT2D eigenvalue weighted by atomic mass is 16.5. The molecule has 0 atom stereocenters. The third kappa shape index (κ3) is 2.74. The molecule has 2 heteroatoms. The fourth-order valence-electron chi connectivity index (χ4n) is 2.48. The number of fused-ring (bicyclic) bond motifs is 1. The number of ether oxygens (including phenoxy) is 2. The van der Waals surface area contributed by atoms with Gasteiger partial charge >= 0.3 is 0 Å². The van der Waals surface area contributed by atoms with Crippen LogP contribution in [-0.4, -0.2) is 13.2 Å². The zero-order chi connectivity index (χ0) is 12.3. The predicted molar refractivity (Wildman–Crippen MR) is 70.0 cm³/mol. The summed E-state index contributed by atoms with van der Waals surface area (Å²) in [4.78, 5) is 0. The number of hydrogen-bond acceptors (Lipinski definition) is 2. The molecule has 0 spiro atoms. The zero-order valence-electron chi connectivity index (χ0n) is 11.1. The number of rotatable bonds is 3. The zero-order valence-corrected chi connectivity index (χ0v) is 11.1. The van der Waals surface area contributed by atoms with Crippen LogP contribution in [0.3, 0.4) is 0 Å². The lowest BCUT2D eigenvalue weighted by atomic mass is 10.0. The van der Waals surface area contributed by atoms with Crippen LogP contribution < -0.4 is 9.47 Å². The summed E-state index contributed by atoms with van der Waals surface area (Å²) in [7, 11) is 1.71. The molecule has 1 aromatic carbocycles. The van der Waals surface area contributed by atoms with Crippen molar-refractivity contribution in [3.05, 3.63) is 23.3 Å². The van der Waals surface area contributed by atoms with Crippen molar-refractivity contribution in [3.63, 3.8) is 0 Å². The highest BCUT2D eigenvalue weighted by molar-refractivity contribution is 5.51. The molecule has 0 bridgehead atoms. The molecule has 0 aromatic heterocycles. The Labute approximate surface area is 104 Å². The first-order chi connectivity index (χ1) is 8.22. The fourth-order valence-corrected chi connectivity index (χ4v) is 2.48. The van der Waals surface area contributed by atoms with E-state index in [-0.39, 0.29) is 6.10 Å². The Morgan fingerprint density at radius 3 is 2.53 bits per heavy atom. The van der Waals surface area contributed by atoms with Gasteiger partial charge in [-0.3, -0.25) is 0 Å². The summed E-state index contributed by atoms with van der Waals surface area (Å²) in [5.41, 5.74) is 2.81. The number of aryl methyl sites for hydroxylation is 1. The maximum atomic E-state index is 5.97. The molecule has 1 aromatic rings. The van der Waals surface area contributed by atoms with Crippen LogP contribution in [0.2, 0.25) is 0 Å². The van der Waals surface area contributed by atoms with Gasteiger partial charge in [-0.2, -0.15) is 0 Å². The van der Waals surface area contributed by atoms with Crippen molar-refractivity contribution in [2.75, 3.05) is 7.11 Å². The van der Waals surface area contributed by atoms with E-state index in [1.54, 1.807) is 7.11 Å². The maximum absolute atomic E-state index is 5.97. The van der Waals surface area contributed by atoms with E-state index < -0.39 is 0 Å². The monoisotopic (exact) mass is 234 g/mol. The average Bonchev–Trinajstić information content (AvgIpc) is 2.54. The van der Waals surface area contributed by atoms with Crippen molar-refractivity contribution in [2.24, 2.45) is 0 Å². The SMILES string of the molecule is COc1ccc2c(c1OC(C)C)CCCCC2. The van der Waals surface area contributed by atoms with Gasteiger partial charge in [-0.05, 0) is 51.2 Å². The largest absolute Gasteiger partial charge is 0.493 e. The first-order valence-electron chi connectivity index (χ1n) is 6.57. The second-order valence-corrected chi connectivity index (χ2v) is 4.96. The fraction of sp³-hybridized carbons (Fsp3) is 0.600. The molecular weight excluding hydrogens is 212 g/mol. The summed E-state index contributed by atoms with van der Waals surface area (Å²) < 4.78 is 11.4. The Hall–Kier alpha value is -1.18. The van der Waals surface area contributed by atoms with Gasteiger partial charge < -0.3 is 9.47 Å². The van der Waals surface area contributed by atoms with E-state index in [0.717, 1.165) is 17.9 Å². The Bertz CT molecular complexity index is 383. The van der Waals surface area contributed by atoms with Crippen molar-refractivity contribution < 1.29 is 9.47 Å². The van der Waals surface area contributed by atoms with Gasteiger partial charge in [0.15, 0.2) is 11.5 Å². The van der Waals surface area contributed by atoms with Crippen molar-refractivity contribution in [1.29, 1.82) is 0 Å². The van der Waals surface area contributed by atoms with E-state index in [1.165, 1.54) is 36.8 Å². The lowest BCUT2D eigenvalue weighted by Crippen LogP contribution is -2.10. The van der Waals surface area contributed by atoms with Crippen molar-refractivity contribution in [2.45, 2.75) is 52.1 Å². The molecule has 94 valence electrons. The molecule has 0 heterocycles. The second-order valence-electron chi connectivity index (χ2n) is 4.96. The van der Waals surface area contributed by atoms with Crippen LogP contribution in [0, 0.1) is 0 Å². The molecule has 1 aliphatic carbocycles. The Balaban J connectivity index is 2.43. The number of methoxy groups -OCH3 is 1. The molecule has 0 saturated carbocycles. The minimum atomic E-state index is 0.193. The summed E-state index contributed by atoms with van der Waals surface area (Å²) >= 11 is 0. The van der Waals surface area contributed by atoms with E-state index in [0.29, 0.717) is 0 Å². The van der Waals surface area contributed by atoms with Crippen molar-refractivity contribution in [3.8, 4) is 11.5 Å². The summed E-state index contributed by atoms with van der Waals surface area (Å²) in [5, 5.41) is 0. The molecule has 0 unspecified atom stereocenters. The van der Waals surface area contributed by atoms with Gasteiger partial charge in [0.1, 0.15) is 0 Å². The van der Waals surface area contributed by atoms with E-state index in [9.17, 15) is 0 Å². The lowest BCUT2D eigenvalue weighted by Gasteiger charge is -2.19. The van der Waals surface area contributed by atoms with E-state index in [1.807, 2.05) is 6.07 Å². The molecule has 0 saturated heterocycles. The molecule has 0 aliphatic heterocycles. The third-order valence-electron chi connectivity index (χ3n) is 3.27. The van der Waals surface area contributed by atoms with Gasteiger partial charge in [0, 0.05) is 5.56 Å². The van der Waals surface area contributed by atoms with E-state index in [4.69, 9.17) is 9.47 Å². The van der Waals surface area contributed by atoms with Gasteiger partial charge in [0.25, 0.3) is 0 Å². The third-order valence-corrected chi connectivity index (χ3v) is 3.27. The van der Waals surface area contributed by atoms with Crippen molar-refractivity contribution >= 4 is 0 Å². The molecule has 2 rings (SSSR count). The number of benzene rings is 1. The average molecular weight is 234 g/mol. The predicted octanol–water partition coefficient (Wildman–Crippen LogP) is 3.75. The van der Waals surface area contributed by atoms with Gasteiger partial charge in [0.05, 0.1) is 13.2 Å². The normalized spacial score (nSPS) is 15.3. The Kier molecular flexibility index (Phi) is 3.93. The molecule has 2 nitrogen and oxygen atoms in total. The van der Waals surface area contributed by atoms with E-state index >= 15 is 0 Å². The van der Waals surface area contributed by atoms with Crippen LogP contribution in [0.15, 0.2) is 12.1 Å². The van der Waals surface area contributed by atoms with Crippen LogP contribution in [0.1, 0.15) is 44.2 Å². The smallest absolute Gasteiger partial charge is 0.164 e. The molecule has 0 amide bonds. The highest BCUT2D eigenvalue weighted by Crippen LogP contribution is 2.37. The quantitative estimate of drug-likeness (QED) is 0.741. The van der Waals surface area contributed by atoms with Crippen LogP contribution in [-0.2, 0) is 12.8 Å². The van der Waals surface area contributed by atoms with Crippen LogP contribution in [0.5, 0.6) is 11.5 Å². The first kappa shape index (κ1) is 12.3. The second kappa shape index (κ2) is 5.44. The minimum absolute atomic E-state index is 0.193. The van der Waals surface area contributed by atoms with E-state index in [2.05, 4.69) is 19.9 Å². The molecule has 0 radical (unpaired) electrons.